The normalized spacial score (nSPS) is 20.5. The van der Waals surface area contributed by atoms with Crippen LogP contribution >= 0.6 is 0 Å². The number of hydrogen-bond donors (Lipinski definition) is 3. The van der Waals surface area contributed by atoms with Crippen molar-refractivity contribution >= 4 is 11.9 Å². The first-order valence-corrected chi connectivity index (χ1v) is 9.62. The average Bonchev–Trinajstić information content (AvgIpc) is 3.27. The van der Waals surface area contributed by atoms with Crippen LogP contribution in [-0.2, 0) is 24.1 Å². The van der Waals surface area contributed by atoms with Gasteiger partial charge in [-0.3, -0.25) is 19.8 Å². The Hall–Kier alpha value is -2.64. The Morgan fingerprint density at radius 1 is 1.22 bits per heavy atom. The SMILES string of the molecule is C[C@@H]1CCc2[nH]nc(C(=O)N3CCC(c4cc(CC(=O)O)[nH]n4)CC3)c2C1. The number of carbonyl (C=O) groups is 2. The minimum absolute atomic E-state index is 0.0219. The monoisotopic (exact) mass is 371 g/mol. The van der Waals surface area contributed by atoms with Crippen molar-refractivity contribution in [3.8, 4) is 0 Å². The maximum atomic E-state index is 13.0. The fourth-order valence-electron chi connectivity index (χ4n) is 4.22. The van der Waals surface area contributed by atoms with E-state index in [4.69, 9.17) is 5.11 Å². The summed E-state index contributed by atoms with van der Waals surface area (Å²) in [7, 11) is 0. The van der Waals surface area contributed by atoms with Crippen molar-refractivity contribution in [2.45, 2.75) is 51.4 Å². The van der Waals surface area contributed by atoms with Crippen LogP contribution < -0.4 is 0 Å². The Kier molecular flexibility index (Phi) is 4.72. The van der Waals surface area contributed by atoms with Crippen LogP contribution in [0.25, 0.3) is 0 Å². The van der Waals surface area contributed by atoms with Crippen LogP contribution in [0.2, 0.25) is 0 Å². The van der Waals surface area contributed by atoms with Gasteiger partial charge in [0.15, 0.2) is 5.69 Å². The molecule has 0 radical (unpaired) electrons. The number of aliphatic carboxylic acids is 1. The molecule has 0 unspecified atom stereocenters. The number of amides is 1. The lowest BCUT2D eigenvalue weighted by Crippen LogP contribution is -2.38. The Morgan fingerprint density at radius 2 is 2.00 bits per heavy atom. The summed E-state index contributed by atoms with van der Waals surface area (Å²) in [4.78, 5) is 25.7. The number of aryl methyl sites for hydroxylation is 1. The third-order valence-corrected chi connectivity index (χ3v) is 5.79. The molecule has 8 nitrogen and oxygen atoms in total. The summed E-state index contributed by atoms with van der Waals surface area (Å²) in [5.74, 6) is -0.0103. The highest BCUT2D eigenvalue weighted by Crippen LogP contribution is 2.30. The van der Waals surface area contributed by atoms with Gasteiger partial charge in [-0.2, -0.15) is 10.2 Å². The predicted octanol–water partition coefficient (Wildman–Crippen LogP) is 1.90. The van der Waals surface area contributed by atoms with Crippen molar-refractivity contribution in [1.82, 2.24) is 25.3 Å². The number of hydrogen-bond acceptors (Lipinski definition) is 4. The molecule has 1 atom stereocenters. The Bertz CT molecular complexity index is 847. The molecule has 2 aliphatic rings. The summed E-state index contributed by atoms with van der Waals surface area (Å²) in [5, 5.41) is 23.3. The summed E-state index contributed by atoms with van der Waals surface area (Å²) < 4.78 is 0. The summed E-state index contributed by atoms with van der Waals surface area (Å²) in [6.07, 6.45) is 4.63. The maximum Gasteiger partial charge on any atom is 0.309 e. The van der Waals surface area contributed by atoms with E-state index in [1.54, 1.807) is 0 Å². The molecular weight excluding hydrogens is 346 g/mol. The second kappa shape index (κ2) is 7.17. The number of piperidine rings is 1. The topological polar surface area (TPSA) is 115 Å². The molecule has 1 aliphatic carbocycles. The summed E-state index contributed by atoms with van der Waals surface area (Å²) in [6.45, 7) is 3.56. The summed E-state index contributed by atoms with van der Waals surface area (Å²) in [5.41, 5.74) is 4.33. The van der Waals surface area contributed by atoms with Crippen LogP contribution in [0.15, 0.2) is 6.07 Å². The second-order valence-corrected chi connectivity index (χ2v) is 7.83. The highest BCUT2D eigenvalue weighted by Gasteiger charge is 2.31. The van der Waals surface area contributed by atoms with Gasteiger partial charge in [0.05, 0.1) is 12.1 Å². The van der Waals surface area contributed by atoms with E-state index < -0.39 is 5.97 Å². The van der Waals surface area contributed by atoms with E-state index in [9.17, 15) is 9.59 Å². The van der Waals surface area contributed by atoms with Crippen LogP contribution in [0.1, 0.15) is 65.2 Å². The van der Waals surface area contributed by atoms with E-state index in [2.05, 4.69) is 27.3 Å². The van der Waals surface area contributed by atoms with Crippen molar-refractivity contribution in [3.63, 3.8) is 0 Å². The molecule has 3 heterocycles. The van der Waals surface area contributed by atoms with E-state index in [0.29, 0.717) is 30.4 Å². The van der Waals surface area contributed by atoms with E-state index in [-0.39, 0.29) is 18.2 Å². The van der Waals surface area contributed by atoms with Crippen LogP contribution in [-0.4, -0.2) is 55.4 Å². The number of H-pyrrole nitrogens is 2. The molecule has 144 valence electrons. The number of fused-ring (bicyclic) bond motifs is 1. The molecule has 0 spiro atoms. The molecule has 0 bridgehead atoms. The zero-order valence-electron chi connectivity index (χ0n) is 15.5. The third kappa shape index (κ3) is 3.61. The summed E-state index contributed by atoms with van der Waals surface area (Å²) >= 11 is 0. The number of rotatable bonds is 4. The van der Waals surface area contributed by atoms with Crippen molar-refractivity contribution < 1.29 is 14.7 Å². The first-order chi connectivity index (χ1) is 13.0. The summed E-state index contributed by atoms with van der Waals surface area (Å²) in [6, 6.07) is 1.84. The van der Waals surface area contributed by atoms with Gasteiger partial charge in [-0.1, -0.05) is 6.92 Å². The molecule has 2 aromatic rings. The van der Waals surface area contributed by atoms with Gasteiger partial charge in [-0.15, -0.1) is 0 Å². The van der Waals surface area contributed by atoms with Gasteiger partial charge in [-0.25, -0.2) is 0 Å². The largest absolute Gasteiger partial charge is 0.481 e. The Balaban J connectivity index is 1.39. The molecule has 1 saturated heterocycles. The van der Waals surface area contributed by atoms with Gasteiger partial charge in [0.25, 0.3) is 5.91 Å². The van der Waals surface area contributed by atoms with E-state index in [1.807, 2.05) is 11.0 Å². The van der Waals surface area contributed by atoms with Crippen molar-refractivity contribution in [3.05, 3.63) is 34.4 Å². The third-order valence-electron chi connectivity index (χ3n) is 5.79. The van der Waals surface area contributed by atoms with Crippen LogP contribution in [0, 0.1) is 5.92 Å². The van der Waals surface area contributed by atoms with Gasteiger partial charge >= 0.3 is 5.97 Å². The lowest BCUT2D eigenvalue weighted by atomic mass is 9.87. The number of likely N-dealkylation sites (tertiary alicyclic amines) is 1. The van der Waals surface area contributed by atoms with Crippen LogP contribution in [0.3, 0.4) is 0 Å². The van der Waals surface area contributed by atoms with E-state index in [1.165, 1.54) is 0 Å². The van der Waals surface area contributed by atoms with Gasteiger partial charge < -0.3 is 10.0 Å². The average molecular weight is 371 g/mol. The molecule has 1 amide bonds. The minimum Gasteiger partial charge on any atom is -0.481 e. The smallest absolute Gasteiger partial charge is 0.309 e. The molecule has 1 aliphatic heterocycles. The van der Waals surface area contributed by atoms with E-state index in [0.717, 1.165) is 49.1 Å². The number of carboxylic acid groups (broad SMARTS) is 1. The standard InChI is InChI=1S/C19H25N5O3/c1-11-2-3-15-14(8-11)18(23-21-15)19(27)24-6-4-12(5-7-24)16-9-13(20-22-16)10-17(25)26/h9,11-12H,2-8,10H2,1H3,(H,20,22)(H,21,23)(H,25,26)/t11-/m1/s1. The first-order valence-electron chi connectivity index (χ1n) is 9.62. The molecule has 27 heavy (non-hydrogen) atoms. The zero-order valence-corrected chi connectivity index (χ0v) is 15.5. The number of carbonyl (C=O) groups excluding carboxylic acids is 1. The molecule has 4 rings (SSSR count). The highest BCUT2D eigenvalue weighted by atomic mass is 16.4. The molecule has 0 aromatic carbocycles. The first kappa shape index (κ1) is 17.8. The number of nitrogens with one attached hydrogen (secondary N) is 2. The van der Waals surface area contributed by atoms with Gasteiger partial charge in [-0.05, 0) is 44.1 Å². The number of aromatic amines is 2. The molecule has 3 N–H and O–H groups in total. The quantitative estimate of drug-likeness (QED) is 0.759. The lowest BCUT2D eigenvalue weighted by molar-refractivity contribution is -0.136. The Morgan fingerprint density at radius 3 is 2.74 bits per heavy atom. The molecule has 1 fully saturated rings. The molecule has 2 aromatic heterocycles. The molecule has 0 saturated carbocycles. The number of carboxylic acids is 1. The fraction of sp³-hybridized carbons (Fsp3) is 0.579. The zero-order chi connectivity index (χ0) is 19.0. The Labute approximate surface area is 157 Å². The molecular formula is C19H25N5O3. The van der Waals surface area contributed by atoms with Gasteiger partial charge in [0.1, 0.15) is 0 Å². The van der Waals surface area contributed by atoms with Crippen LogP contribution in [0.4, 0.5) is 0 Å². The van der Waals surface area contributed by atoms with Crippen molar-refractivity contribution in [2.75, 3.05) is 13.1 Å². The van der Waals surface area contributed by atoms with Crippen LogP contribution in [0.5, 0.6) is 0 Å². The van der Waals surface area contributed by atoms with Gasteiger partial charge in [0.2, 0.25) is 0 Å². The van der Waals surface area contributed by atoms with Gasteiger partial charge in [0, 0.05) is 36.0 Å². The van der Waals surface area contributed by atoms with Crippen molar-refractivity contribution in [2.24, 2.45) is 5.92 Å². The van der Waals surface area contributed by atoms with Crippen molar-refractivity contribution in [1.29, 1.82) is 0 Å². The number of aromatic nitrogens is 4. The lowest BCUT2D eigenvalue weighted by Gasteiger charge is -2.31. The molecule has 8 heteroatoms. The number of nitrogens with zero attached hydrogens (tertiary/aromatic N) is 3. The second-order valence-electron chi connectivity index (χ2n) is 7.83. The fourth-order valence-corrected chi connectivity index (χ4v) is 4.22. The maximum absolute atomic E-state index is 13.0. The minimum atomic E-state index is -0.873. The predicted molar refractivity (Wildman–Crippen MR) is 97.6 cm³/mol. The highest BCUT2D eigenvalue weighted by molar-refractivity contribution is 5.94. The van der Waals surface area contributed by atoms with E-state index >= 15 is 0 Å².